The van der Waals surface area contributed by atoms with Crippen molar-refractivity contribution in [1.82, 2.24) is 0 Å². The third kappa shape index (κ3) is 37.3. The molecule has 0 saturated heterocycles. The summed E-state index contributed by atoms with van der Waals surface area (Å²) in [5.41, 5.74) is 0. The molecule has 0 aromatic heterocycles. The van der Waals surface area contributed by atoms with E-state index in [2.05, 4.69) is 24.6 Å². The van der Waals surface area contributed by atoms with Crippen molar-refractivity contribution in [3.05, 3.63) is 12.7 Å². The van der Waals surface area contributed by atoms with Crippen LogP contribution in [0.2, 0.25) is 0 Å². The summed E-state index contributed by atoms with van der Waals surface area (Å²) in [6.45, 7) is 9.64. The summed E-state index contributed by atoms with van der Waals surface area (Å²) >= 11 is 0. The second-order valence-corrected chi connectivity index (χ2v) is 7.59. The van der Waals surface area contributed by atoms with E-state index in [9.17, 15) is 8.42 Å². The van der Waals surface area contributed by atoms with Crippen molar-refractivity contribution >= 4 is 22.8 Å². The number of ether oxygens (including phenoxy) is 1. The quantitative estimate of drug-likeness (QED) is 0.152. The second-order valence-electron chi connectivity index (χ2n) is 6.50. The van der Waals surface area contributed by atoms with Crippen molar-refractivity contribution in [3.8, 4) is 0 Å². The molecule has 0 aliphatic rings. The molecule has 0 radical (unpaired) electrons. The molecule has 7 heteroatoms. The first-order chi connectivity index (χ1) is 12.5. The maximum absolute atomic E-state index is 10.2. The number of hydrogen-bond donors (Lipinski definition) is 1. The molecule has 0 unspecified atom stereocenters. The summed E-state index contributed by atoms with van der Waals surface area (Å²) in [7, 11) is -4.23. The van der Waals surface area contributed by atoms with Crippen LogP contribution in [0.4, 0.5) is 0 Å². The summed E-state index contributed by atoms with van der Waals surface area (Å²) in [5.74, 6) is 0. The molecule has 0 amide bonds. The molecule has 1 N–H and O–H groups in total. The van der Waals surface area contributed by atoms with E-state index < -0.39 is 10.4 Å². The lowest BCUT2D eigenvalue weighted by Gasteiger charge is -2.02. The Hall–Kier alpha value is -0.140. The van der Waals surface area contributed by atoms with Crippen molar-refractivity contribution in [2.24, 2.45) is 0 Å². The van der Waals surface area contributed by atoms with Crippen molar-refractivity contribution in [3.63, 3.8) is 0 Å². The molecule has 5 nitrogen and oxygen atoms in total. The molecule has 0 heterocycles. The molecule has 0 atom stereocenters. The van der Waals surface area contributed by atoms with Crippen LogP contribution in [0.5, 0.6) is 0 Å². The maximum atomic E-state index is 10.2. The molecule has 0 rings (SSSR count). The van der Waals surface area contributed by atoms with Crippen molar-refractivity contribution in [2.75, 3.05) is 19.8 Å². The zero-order valence-corrected chi connectivity index (χ0v) is 19.1. The van der Waals surface area contributed by atoms with Gasteiger partial charge in [-0.05, 0) is 12.8 Å². The summed E-state index contributed by atoms with van der Waals surface area (Å²) in [5, 5.41) is 0. The molecule has 0 aromatic rings. The van der Waals surface area contributed by atoms with Crippen molar-refractivity contribution < 1.29 is 21.9 Å². The van der Waals surface area contributed by atoms with Gasteiger partial charge in [-0.3, -0.25) is 4.55 Å². The molecular formula is C20H43ClO5S. The van der Waals surface area contributed by atoms with Crippen LogP contribution in [0.25, 0.3) is 0 Å². The predicted molar refractivity (Wildman–Crippen MR) is 117 cm³/mol. The third-order valence-corrected chi connectivity index (χ3v) is 4.32. The lowest BCUT2D eigenvalue weighted by molar-refractivity contribution is 0.158. The highest BCUT2D eigenvalue weighted by Crippen LogP contribution is 2.10. The van der Waals surface area contributed by atoms with E-state index in [0.29, 0.717) is 13.0 Å². The first-order valence-corrected chi connectivity index (χ1v) is 11.6. The van der Waals surface area contributed by atoms with Gasteiger partial charge in [0.1, 0.15) is 0 Å². The number of rotatable bonds is 18. The molecule has 166 valence electrons. The van der Waals surface area contributed by atoms with E-state index in [1.807, 2.05) is 0 Å². The molecule has 0 fully saturated rings. The molecule has 0 aliphatic carbocycles. The minimum Gasteiger partial charge on any atom is -0.377 e. The van der Waals surface area contributed by atoms with Gasteiger partial charge in [-0.2, -0.15) is 8.42 Å². The highest BCUT2D eigenvalue weighted by atomic mass is 35.5. The average Bonchev–Trinajstić information content (AvgIpc) is 2.59. The van der Waals surface area contributed by atoms with Crippen LogP contribution in [0.3, 0.4) is 0 Å². The van der Waals surface area contributed by atoms with E-state index in [4.69, 9.17) is 9.29 Å². The first kappa shape index (κ1) is 31.6. The van der Waals surface area contributed by atoms with Gasteiger partial charge in [-0.1, -0.05) is 90.6 Å². The van der Waals surface area contributed by atoms with Crippen LogP contribution in [-0.2, 0) is 19.3 Å². The van der Waals surface area contributed by atoms with Crippen LogP contribution in [-0.4, -0.2) is 32.8 Å². The summed E-state index contributed by atoms with van der Waals surface area (Å²) in [4.78, 5) is 0. The molecule has 0 bridgehead atoms. The molecule has 0 saturated carbocycles. The SMILES string of the molecule is C=CCOCCCCC.CCCCCCCCCCCCOS(=O)(=O)O.Cl. The van der Waals surface area contributed by atoms with Crippen LogP contribution in [0, 0.1) is 0 Å². The predicted octanol–water partition coefficient (Wildman–Crippen LogP) is 6.53. The zero-order chi connectivity index (χ0) is 19.9. The van der Waals surface area contributed by atoms with E-state index in [1.165, 1.54) is 64.2 Å². The fourth-order valence-corrected chi connectivity index (χ4v) is 2.70. The van der Waals surface area contributed by atoms with Crippen LogP contribution in [0.15, 0.2) is 12.7 Å². The Balaban J connectivity index is -0.000000491. The monoisotopic (exact) mass is 430 g/mol. The minimum atomic E-state index is -4.23. The molecule has 27 heavy (non-hydrogen) atoms. The Morgan fingerprint density at radius 2 is 1.19 bits per heavy atom. The lowest BCUT2D eigenvalue weighted by Crippen LogP contribution is -2.04. The molecule has 0 spiro atoms. The lowest BCUT2D eigenvalue weighted by atomic mass is 10.1. The van der Waals surface area contributed by atoms with E-state index in [1.54, 1.807) is 6.08 Å². The maximum Gasteiger partial charge on any atom is 0.397 e. The van der Waals surface area contributed by atoms with Gasteiger partial charge in [0.2, 0.25) is 0 Å². The van der Waals surface area contributed by atoms with Gasteiger partial charge in [-0.25, -0.2) is 4.18 Å². The number of halogens is 1. The van der Waals surface area contributed by atoms with Crippen LogP contribution >= 0.6 is 12.4 Å². The van der Waals surface area contributed by atoms with E-state index in [0.717, 1.165) is 19.4 Å². The Labute approximate surface area is 174 Å². The Morgan fingerprint density at radius 3 is 1.63 bits per heavy atom. The summed E-state index contributed by atoms with van der Waals surface area (Å²) in [6.07, 6.45) is 17.4. The van der Waals surface area contributed by atoms with Crippen molar-refractivity contribution in [2.45, 2.75) is 97.3 Å². The van der Waals surface area contributed by atoms with Crippen LogP contribution in [0.1, 0.15) is 97.3 Å². The molecule has 0 aliphatic heterocycles. The Bertz CT molecular complexity index is 375. The van der Waals surface area contributed by atoms with Gasteiger partial charge in [0.25, 0.3) is 0 Å². The summed E-state index contributed by atoms with van der Waals surface area (Å²) < 4.78 is 38.2. The third-order valence-electron chi connectivity index (χ3n) is 3.86. The Morgan fingerprint density at radius 1 is 0.778 bits per heavy atom. The van der Waals surface area contributed by atoms with E-state index in [-0.39, 0.29) is 19.0 Å². The molecule has 0 aromatic carbocycles. The summed E-state index contributed by atoms with van der Waals surface area (Å²) in [6, 6.07) is 0. The van der Waals surface area contributed by atoms with Gasteiger partial charge in [0, 0.05) is 6.61 Å². The van der Waals surface area contributed by atoms with Gasteiger partial charge in [0.15, 0.2) is 0 Å². The minimum absolute atomic E-state index is 0. The standard InChI is InChI=1S/C12H26O4S.C8H16O.ClH/c1-2-3-4-5-6-7-8-9-10-11-12-16-17(13,14)15;1-3-5-6-8-9-7-4-2;/h2-12H2,1H3,(H,13,14,15);4H,2-3,5-8H2,1H3;1H. The normalized spacial score (nSPS) is 10.6. The second kappa shape index (κ2) is 25.9. The zero-order valence-electron chi connectivity index (χ0n) is 17.5. The highest BCUT2D eigenvalue weighted by Gasteiger charge is 2.02. The number of unbranched alkanes of at least 4 members (excludes halogenated alkanes) is 11. The van der Waals surface area contributed by atoms with Gasteiger partial charge >= 0.3 is 10.4 Å². The fraction of sp³-hybridized carbons (Fsp3) is 0.900. The fourth-order valence-electron chi connectivity index (χ4n) is 2.37. The van der Waals surface area contributed by atoms with Gasteiger partial charge < -0.3 is 4.74 Å². The van der Waals surface area contributed by atoms with Crippen molar-refractivity contribution in [1.29, 1.82) is 0 Å². The topological polar surface area (TPSA) is 72.8 Å². The largest absolute Gasteiger partial charge is 0.397 e. The van der Waals surface area contributed by atoms with E-state index >= 15 is 0 Å². The number of hydrogen-bond acceptors (Lipinski definition) is 4. The van der Waals surface area contributed by atoms with Gasteiger partial charge in [0.05, 0.1) is 13.2 Å². The smallest absolute Gasteiger partial charge is 0.377 e. The average molecular weight is 431 g/mol. The Kier molecular flexibility index (Phi) is 30.2. The van der Waals surface area contributed by atoms with Gasteiger partial charge in [-0.15, -0.1) is 19.0 Å². The first-order valence-electron chi connectivity index (χ1n) is 10.3. The molecular weight excluding hydrogens is 388 g/mol. The highest BCUT2D eigenvalue weighted by molar-refractivity contribution is 7.80. The van der Waals surface area contributed by atoms with Crippen LogP contribution < -0.4 is 0 Å².